The van der Waals surface area contributed by atoms with Gasteiger partial charge in [-0.05, 0) is 36.4 Å². The van der Waals surface area contributed by atoms with E-state index >= 15 is 0 Å². The second kappa shape index (κ2) is 8.68. The molecule has 0 aliphatic carbocycles. The molecular weight excluding hydrogens is 403 g/mol. The van der Waals surface area contributed by atoms with E-state index in [0.29, 0.717) is 23.6 Å². The molecule has 2 heterocycles. The largest absolute Gasteiger partial charge is 0.481 e. The molecule has 0 atom stereocenters. The summed E-state index contributed by atoms with van der Waals surface area (Å²) in [7, 11) is 2.96. The Bertz CT molecular complexity index is 1010. The van der Waals surface area contributed by atoms with Gasteiger partial charge in [-0.2, -0.15) is 18.2 Å². The Morgan fingerprint density at radius 2 is 1.67 bits per heavy atom. The van der Waals surface area contributed by atoms with Crippen molar-refractivity contribution in [2.45, 2.75) is 6.18 Å². The lowest BCUT2D eigenvalue weighted by Crippen LogP contribution is -2.30. The highest BCUT2D eigenvalue weighted by molar-refractivity contribution is 5.87. The molecular formula is C20H16F3N3O4. The molecule has 0 unspecified atom stereocenters. The second-order valence-electron chi connectivity index (χ2n) is 5.92. The molecule has 0 radical (unpaired) electrons. The van der Waals surface area contributed by atoms with Crippen molar-refractivity contribution in [1.29, 1.82) is 0 Å². The van der Waals surface area contributed by atoms with Gasteiger partial charge in [0.05, 0.1) is 12.7 Å². The minimum absolute atomic E-state index is 0.00317. The first-order valence-electron chi connectivity index (χ1n) is 8.54. The van der Waals surface area contributed by atoms with Crippen molar-refractivity contribution in [3.63, 3.8) is 0 Å². The number of pyridine rings is 2. The number of amides is 1. The quantitative estimate of drug-likeness (QED) is 0.584. The Morgan fingerprint density at radius 3 is 2.27 bits per heavy atom. The van der Waals surface area contributed by atoms with Gasteiger partial charge in [-0.1, -0.05) is 6.07 Å². The molecule has 0 saturated carbocycles. The fourth-order valence-corrected chi connectivity index (χ4v) is 2.27. The number of alkyl halides is 3. The molecule has 156 valence electrons. The van der Waals surface area contributed by atoms with Gasteiger partial charge in [-0.15, -0.1) is 0 Å². The van der Waals surface area contributed by atoms with E-state index in [1.54, 1.807) is 18.2 Å². The van der Waals surface area contributed by atoms with Gasteiger partial charge >= 0.3 is 12.3 Å². The van der Waals surface area contributed by atoms with E-state index in [2.05, 4.69) is 9.97 Å². The molecule has 0 spiro atoms. The number of hydrogen-bond acceptors (Lipinski definition) is 6. The second-order valence-corrected chi connectivity index (χ2v) is 5.92. The van der Waals surface area contributed by atoms with Crippen LogP contribution in [-0.2, 0) is 6.18 Å². The Kier molecular flexibility index (Phi) is 6.05. The van der Waals surface area contributed by atoms with Crippen LogP contribution in [0.2, 0.25) is 0 Å². The third-order valence-corrected chi connectivity index (χ3v) is 3.85. The number of anilines is 1. The molecule has 0 fully saturated rings. The number of methoxy groups -OCH3 is 1. The molecule has 2 aromatic heterocycles. The van der Waals surface area contributed by atoms with Gasteiger partial charge in [0.15, 0.2) is 0 Å². The average Bonchev–Trinajstić information content (AvgIpc) is 2.74. The van der Waals surface area contributed by atoms with E-state index in [1.165, 1.54) is 43.3 Å². The van der Waals surface area contributed by atoms with Crippen molar-refractivity contribution in [2.24, 2.45) is 0 Å². The maximum absolute atomic E-state index is 12.6. The van der Waals surface area contributed by atoms with Gasteiger partial charge in [-0.3, -0.25) is 4.90 Å². The fraction of sp³-hybridized carbons (Fsp3) is 0.150. The van der Waals surface area contributed by atoms with Gasteiger partial charge in [0.1, 0.15) is 17.3 Å². The first-order valence-corrected chi connectivity index (χ1v) is 8.54. The third-order valence-electron chi connectivity index (χ3n) is 3.85. The lowest BCUT2D eigenvalue weighted by molar-refractivity contribution is -0.137. The zero-order valence-electron chi connectivity index (χ0n) is 15.9. The van der Waals surface area contributed by atoms with E-state index in [4.69, 9.17) is 14.2 Å². The van der Waals surface area contributed by atoms with Crippen molar-refractivity contribution in [1.82, 2.24) is 9.97 Å². The molecule has 0 aliphatic rings. The number of benzene rings is 1. The van der Waals surface area contributed by atoms with Crippen LogP contribution in [0.1, 0.15) is 5.56 Å². The minimum atomic E-state index is -4.47. The molecule has 0 aliphatic heterocycles. The maximum Gasteiger partial charge on any atom is 0.420 e. The van der Waals surface area contributed by atoms with Crippen LogP contribution in [-0.4, -0.2) is 30.2 Å². The molecule has 0 saturated heterocycles. The maximum atomic E-state index is 12.6. The fourth-order valence-electron chi connectivity index (χ4n) is 2.27. The molecule has 1 amide bonds. The van der Waals surface area contributed by atoms with Crippen LogP contribution in [0.4, 0.5) is 23.8 Å². The van der Waals surface area contributed by atoms with Crippen LogP contribution in [0.5, 0.6) is 23.3 Å². The smallest absolute Gasteiger partial charge is 0.420 e. The monoisotopic (exact) mass is 419 g/mol. The summed E-state index contributed by atoms with van der Waals surface area (Å²) in [5.41, 5.74) is -0.869. The van der Waals surface area contributed by atoms with Gasteiger partial charge in [0.25, 0.3) is 0 Å². The number of ether oxygens (including phenoxy) is 3. The van der Waals surface area contributed by atoms with E-state index in [1.807, 2.05) is 0 Å². The number of aromatic nitrogens is 2. The van der Waals surface area contributed by atoms with Gasteiger partial charge in [0, 0.05) is 25.4 Å². The highest BCUT2D eigenvalue weighted by Crippen LogP contribution is 2.30. The third kappa shape index (κ3) is 5.16. The number of hydrogen-bond donors (Lipinski definition) is 0. The molecule has 0 N–H and O–H groups in total. The Labute approximate surface area is 169 Å². The summed E-state index contributed by atoms with van der Waals surface area (Å²) in [5.74, 6) is 1.24. The summed E-state index contributed by atoms with van der Waals surface area (Å²) in [5, 5.41) is 0. The van der Waals surface area contributed by atoms with Crippen molar-refractivity contribution in [3.05, 3.63) is 66.4 Å². The van der Waals surface area contributed by atoms with Gasteiger partial charge in [0.2, 0.25) is 11.8 Å². The predicted molar refractivity (Wildman–Crippen MR) is 101 cm³/mol. The number of carbonyl (C=O) groups is 1. The Balaban J connectivity index is 1.62. The van der Waals surface area contributed by atoms with E-state index in [9.17, 15) is 18.0 Å². The van der Waals surface area contributed by atoms with Crippen LogP contribution >= 0.6 is 0 Å². The first-order chi connectivity index (χ1) is 14.3. The predicted octanol–water partition coefficient (Wildman–Crippen LogP) is 4.93. The first kappa shape index (κ1) is 20.9. The lowest BCUT2D eigenvalue weighted by Gasteiger charge is -2.16. The highest BCUT2D eigenvalue weighted by Gasteiger charge is 2.30. The summed E-state index contributed by atoms with van der Waals surface area (Å²) < 4.78 is 53.4. The summed E-state index contributed by atoms with van der Waals surface area (Å²) in [4.78, 5) is 21.3. The standard InChI is InChI=1S/C20H16F3N3O4/c1-26(16-4-3-5-18(25-16)28-2)19(27)30-15-9-7-14(8-10-15)29-17-11-6-13(12-24-17)20(21,22)23/h3-12H,1-2H3. The minimum Gasteiger partial charge on any atom is -0.481 e. The van der Waals surface area contributed by atoms with Crippen molar-refractivity contribution in [3.8, 4) is 23.3 Å². The summed E-state index contributed by atoms with van der Waals surface area (Å²) >= 11 is 0. The van der Waals surface area contributed by atoms with E-state index in [0.717, 1.165) is 12.1 Å². The topological polar surface area (TPSA) is 73.8 Å². The zero-order chi connectivity index (χ0) is 21.7. The molecule has 30 heavy (non-hydrogen) atoms. The van der Waals surface area contributed by atoms with Crippen LogP contribution in [0, 0.1) is 0 Å². The van der Waals surface area contributed by atoms with E-state index in [-0.39, 0.29) is 11.6 Å². The number of carbonyl (C=O) groups excluding carboxylic acids is 1. The zero-order valence-corrected chi connectivity index (χ0v) is 15.9. The van der Waals surface area contributed by atoms with Crippen LogP contribution in [0.25, 0.3) is 0 Å². The molecule has 0 bridgehead atoms. The normalized spacial score (nSPS) is 11.0. The Hall–Kier alpha value is -3.82. The van der Waals surface area contributed by atoms with Gasteiger partial charge < -0.3 is 14.2 Å². The molecule has 1 aromatic carbocycles. The molecule has 3 aromatic rings. The number of rotatable bonds is 5. The summed E-state index contributed by atoms with van der Waals surface area (Å²) in [6.07, 6.45) is -4.45. The molecule has 10 heteroatoms. The number of nitrogens with zero attached hydrogens (tertiary/aromatic N) is 3. The number of halogens is 3. The summed E-state index contributed by atoms with van der Waals surface area (Å²) in [6.45, 7) is 0. The highest BCUT2D eigenvalue weighted by atomic mass is 19.4. The Morgan fingerprint density at radius 1 is 0.967 bits per heavy atom. The van der Waals surface area contributed by atoms with Crippen molar-refractivity contribution in [2.75, 3.05) is 19.1 Å². The average molecular weight is 419 g/mol. The lowest BCUT2D eigenvalue weighted by atomic mass is 10.3. The van der Waals surface area contributed by atoms with Gasteiger partial charge in [-0.25, -0.2) is 9.78 Å². The van der Waals surface area contributed by atoms with Crippen LogP contribution in [0.3, 0.4) is 0 Å². The SMILES string of the molecule is COc1cccc(N(C)C(=O)Oc2ccc(Oc3ccc(C(F)(F)F)cn3)cc2)n1. The van der Waals surface area contributed by atoms with Crippen molar-refractivity contribution < 1.29 is 32.2 Å². The van der Waals surface area contributed by atoms with Crippen molar-refractivity contribution >= 4 is 11.9 Å². The summed E-state index contributed by atoms with van der Waals surface area (Å²) in [6, 6.07) is 12.9. The van der Waals surface area contributed by atoms with Crippen LogP contribution < -0.4 is 19.1 Å². The van der Waals surface area contributed by atoms with Crippen LogP contribution in [0.15, 0.2) is 60.8 Å². The molecule has 7 nitrogen and oxygen atoms in total. The van der Waals surface area contributed by atoms with E-state index < -0.39 is 17.8 Å². The molecule has 3 rings (SSSR count).